The summed E-state index contributed by atoms with van der Waals surface area (Å²) in [5, 5.41) is 14.8. The van der Waals surface area contributed by atoms with E-state index in [2.05, 4.69) is 10.6 Å². The van der Waals surface area contributed by atoms with Crippen molar-refractivity contribution in [1.29, 1.82) is 5.26 Å². The number of carbonyl (C=O) groups excluding carboxylic acids is 3. The van der Waals surface area contributed by atoms with Crippen LogP contribution in [0, 0.1) is 28.9 Å². The molecule has 2 atom stereocenters. The van der Waals surface area contributed by atoms with Gasteiger partial charge < -0.3 is 15.4 Å². The minimum Gasteiger partial charge on any atom is -0.468 e. The zero-order valence-electron chi connectivity index (χ0n) is 16.7. The summed E-state index contributed by atoms with van der Waals surface area (Å²) in [5.74, 6) is -6.19. The molecule has 2 unspecified atom stereocenters. The first-order chi connectivity index (χ1) is 15.3. The van der Waals surface area contributed by atoms with Crippen molar-refractivity contribution in [2.45, 2.75) is 5.92 Å². The van der Waals surface area contributed by atoms with Crippen LogP contribution in [0.1, 0.15) is 11.5 Å². The van der Waals surface area contributed by atoms with Gasteiger partial charge in [0, 0.05) is 11.6 Å². The lowest BCUT2D eigenvalue weighted by molar-refractivity contribution is -0.150. The second kappa shape index (κ2) is 10.1. The molecule has 0 aromatic heterocycles. The van der Waals surface area contributed by atoms with Gasteiger partial charge >= 0.3 is 5.97 Å². The number of esters is 1. The van der Waals surface area contributed by atoms with Crippen LogP contribution in [0.2, 0.25) is 0 Å². The molecule has 0 bridgehead atoms. The Balaban J connectivity index is 1.89. The van der Waals surface area contributed by atoms with Gasteiger partial charge in [0.25, 0.3) is 0 Å². The van der Waals surface area contributed by atoms with E-state index in [1.165, 1.54) is 42.5 Å². The Morgan fingerprint density at radius 3 is 2.50 bits per heavy atom. The molecule has 164 valence electrons. The maximum Gasteiger partial charge on any atom is 0.319 e. The number of nitrogens with one attached hydrogen (secondary N) is 2. The highest BCUT2D eigenvalue weighted by atomic mass is 32.2. The van der Waals surface area contributed by atoms with E-state index in [4.69, 9.17) is 4.74 Å². The number of nitriles is 1. The Morgan fingerprint density at radius 1 is 1.19 bits per heavy atom. The Morgan fingerprint density at radius 2 is 1.88 bits per heavy atom. The van der Waals surface area contributed by atoms with Gasteiger partial charge in [-0.3, -0.25) is 14.4 Å². The summed E-state index contributed by atoms with van der Waals surface area (Å²) < 4.78 is 32.3. The third-order valence-corrected chi connectivity index (χ3v) is 5.72. The predicted molar refractivity (Wildman–Crippen MR) is 113 cm³/mol. The van der Waals surface area contributed by atoms with Gasteiger partial charge in [-0.1, -0.05) is 30.0 Å². The number of rotatable bonds is 6. The molecule has 3 rings (SSSR count). The molecule has 0 radical (unpaired) electrons. The molecule has 0 aliphatic carbocycles. The van der Waals surface area contributed by atoms with E-state index in [0.717, 1.165) is 24.9 Å². The summed E-state index contributed by atoms with van der Waals surface area (Å²) in [7, 11) is 1.09. The number of methoxy groups -OCH3 is 1. The van der Waals surface area contributed by atoms with Crippen molar-refractivity contribution in [2.75, 3.05) is 18.2 Å². The average molecular weight is 457 g/mol. The van der Waals surface area contributed by atoms with Crippen LogP contribution in [0.15, 0.2) is 59.1 Å². The zero-order chi connectivity index (χ0) is 23.3. The van der Waals surface area contributed by atoms with Crippen LogP contribution in [-0.2, 0) is 19.1 Å². The highest BCUT2D eigenvalue weighted by Gasteiger charge is 2.45. The normalized spacial score (nSPS) is 17.9. The number of carbonyl (C=O) groups is 3. The highest BCUT2D eigenvalue weighted by Crippen LogP contribution is 2.41. The summed E-state index contributed by atoms with van der Waals surface area (Å²) in [4.78, 5) is 37.3. The number of benzene rings is 2. The fourth-order valence-corrected chi connectivity index (χ4v) is 4.10. The molecule has 2 amide bonds. The standard InChI is InChI=1S/C22H17F2N3O4S/c1-31-22(30)19-18(14-4-2-3-5-16(14)24)15(10-25)21(27-20(19)29)32-11-17(28)26-13-8-6-12(23)7-9-13/h2-9,18-19H,11H2,1H3,(H,26,28)(H,27,29). The largest absolute Gasteiger partial charge is 0.468 e. The van der Waals surface area contributed by atoms with Gasteiger partial charge in [-0.2, -0.15) is 5.26 Å². The van der Waals surface area contributed by atoms with Gasteiger partial charge in [0.1, 0.15) is 17.6 Å². The van der Waals surface area contributed by atoms with Gasteiger partial charge in [0.2, 0.25) is 11.8 Å². The molecule has 1 aliphatic rings. The van der Waals surface area contributed by atoms with Crippen molar-refractivity contribution in [3.8, 4) is 6.07 Å². The van der Waals surface area contributed by atoms with E-state index in [-0.39, 0.29) is 21.9 Å². The zero-order valence-corrected chi connectivity index (χ0v) is 17.5. The third-order valence-electron chi connectivity index (χ3n) is 4.70. The monoisotopic (exact) mass is 457 g/mol. The van der Waals surface area contributed by atoms with Crippen LogP contribution in [0.5, 0.6) is 0 Å². The second-order valence-corrected chi connectivity index (χ2v) is 7.67. The predicted octanol–water partition coefficient (Wildman–Crippen LogP) is 3.07. The number of amides is 2. The number of thioether (sulfide) groups is 1. The first-order valence-corrected chi connectivity index (χ1v) is 10.3. The Bertz CT molecular complexity index is 1130. The van der Waals surface area contributed by atoms with Gasteiger partial charge in [0.05, 0.1) is 29.5 Å². The molecule has 2 N–H and O–H groups in total. The maximum absolute atomic E-state index is 14.5. The Labute approximate surface area is 186 Å². The van der Waals surface area contributed by atoms with Gasteiger partial charge in [0.15, 0.2) is 0 Å². The molecule has 10 heteroatoms. The van der Waals surface area contributed by atoms with Crippen molar-refractivity contribution in [2.24, 2.45) is 5.92 Å². The van der Waals surface area contributed by atoms with Crippen LogP contribution < -0.4 is 10.6 Å². The van der Waals surface area contributed by atoms with E-state index >= 15 is 0 Å². The quantitative estimate of drug-likeness (QED) is 0.510. The molecule has 1 aliphatic heterocycles. The lowest BCUT2D eigenvalue weighted by Gasteiger charge is -2.31. The lowest BCUT2D eigenvalue weighted by atomic mass is 9.78. The molecule has 2 aromatic carbocycles. The Hall–Kier alpha value is -3.71. The number of allylic oxidation sites excluding steroid dienone is 1. The van der Waals surface area contributed by atoms with E-state index < -0.39 is 41.3 Å². The van der Waals surface area contributed by atoms with Crippen molar-refractivity contribution in [3.63, 3.8) is 0 Å². The number of ether oxygens (including phenoxy) is 1. The molecule has 7 nitrogen and oxygen atoms in total. The van der Waals surface area contributed by atoms with Gasteiger partial charge in [-0.25, -0.2) is 8.78 Å². The summed E-state index contributed by atoms with van der Waals surface area (Å²) in [6, 6.07) is 12.6. The Kier molecular flexibility index (Phi) is 7.22. The second-order valence-electron chi connectivity index (χ2n) is 6.69. The molecular formula is C22H17F2N3O4S. The van der Waals surface area contributed by atoms with Crippen LogP contribution >= 0.6 is 11.8 Å². The first kappa shape index (κ1) is 23.0. The van der Waals surface area contributed by atoms with Gasteiger partial charge in [-0.15, -0.1) is 0 Å². The number of halogens is 2. The van der Waals surface area contributed by atoms with Crippen molar-refractivity contribution in [3.05, 3.63) is 76.3 Å². The number of hydrogen-bond acceptors (Lipinski definition) is 6. The molecular weight excluding hydrogens is 440 g/mol. The summed E-state index contributed by atoms with van der Waals surface area (Å²) in [6.45, 7) is 0. The molecule has 0 fully saturated rings. The van der Waals surface area contributed by atoms with Crippen LogP contribution in [0.3, 0.4) is 0 Å². The third kappa shape index (κ3) is 4.95. The fraction of sp³-hybridized carbons (Fsp3) is 0.182. The summed E-state index contributed by atoms with van der Waals surface area (Å²) >= 11 is 0.854. The first-order valence-electron chi connectivity index (χ1n) is 9.31. The summed E-state index contributed by atoms with van der Waals surface area (Å²) in [6.07, 6.45) is 0. The van der Waals surface area contributed by atoms with E-state index in [9.17, 15) is 28.4 Å². The van der Waals surface area contributed by atoms with Crippen molar-refractivity contribution >= 4 is 35.2 Å². The van der Waals surface area contributed by atoms with Crippen LogP contribution in [-0.4, -0.2) is 30.6 Å². The highest BCUT2D eigenvalue weighted by molar-refractivity contribution is 8.03. The SMILES string of the molecule is COC(=O)C1C(=O)NC(SCC(=O)Nc2ccc(F)cc2)=C(C#N)C1c1ccccc1F. The average Bonchev–Trinajstić information content (AvgIpc) is 2.78. The number of nitrogens with zero attached hydrogens (tertiary/aromatic N) is 1. The van der Waals surface area contributed by atoms with Crippen molar-refractivity contribution < 1.29 is 27.9 Å². The topological polar surface area (TPSA) is 108 Å². The molecule has 0 saturated carbocycles. The molecule has 0 saturated heterocycles. The van der Waals surface area contributed by atoms with E-state index in [0.29, 0.717) is 5.69 Å². The van der Waals surface area contributed by atoms with Crippen molar-refractivity contribution in [1.82, 2.24) is 5.32 Å². The smallest absolute Gasteiger partial charge is 0.319 e. The lowest BCUT2D eigenvalue weighted by Crippen LogP contribution is -2.44. The fourth-order valence-electron chi connectivity index (χ4n) is 3.25. The van der Waals surface area contributed by atoms with Crippen LogP contribution in [0.4, 0.5) is 14.5 Å². The molecule has 2 aromatic rings. The molecule has 0 spiro atoms. The minimum atomic E-state index is -1.47. The van der Waals surface area contributed by atoms with E-state index in [1.807, 2.05) is 6.07 Å². The number of anilines is 1. The summed E-state index contributed by atoms with van der Waals surface area (Å²) in [5.41, 5.74) is 0.294. The maximum atomic E-state index is 14.5. The molecule has 1 heterocycles. The van der Waals surface area contributed by atoms with Crippen LogP contribution in [0.25, 0.3) is 0 Å². The van der Waals surface area contributed by atoms with E-state index in [1.54, 1.807) is 0 Å². The molecule has 32 heavy (non-hydrogen) atoms. The minimum absolute atomic E-state index is 0.0110. The van der Waals surface area contributed by atoms with Gasteiger partial charge in [-0.05, 0) is 35.9 Å². The number of hydrogen-bond donors (Lipinski definition) is 2.